The minimum absolute atomic E-state index is 0.0469. The van der Waals surface area contributed by atoms with Gasteiger partial charge in [0.2, 0.25) is 0 Å². The van der Waals surface area contributed by atoms with Crippen molar-refractivity contribution in [2.75, 3.05) is 0 Å². The highest BCUT2D eigenvalue weighted by molar-refractivity contribution is 7.52. The van der Waals surface area contributed by atoms with Gasteiger partial charge in [-0.3, -0.25) is 14.7 Å². The zero-order valence-electron chi connectivity index (χ0n) is 8.40. The molecule has 16 heavy (non-hydrogen) atoms. The van der Waals surface area contributed by atoms with Gasteiger partial charge in [0.25, 0.3) is 5.69 Å². The van der Waals surface area contributed by atoms with Crippen molar-refractivity contribution in [1.29, 1.82) is 0 Å². The van der Waals surface area contributed by atoms with E-state index in [1.807, 2.05) is 0 Å². The molecule has 8 heteroatoms. The predicted molar refractivity (Wildman–Crippen MR) is 56.8 cm³/mol. The molecule has 0 aliphatic rings. The quantitative estimate of drug-likeness (QED) is 0.415. The number of aryl methyl sites for hydroxylation is 1. The fourth-order valence-electron chi connectivity index (χ4n) is 1.20. The maximum atomic E-state index is 10.9. The van der Waals surface area contributed by atoms with E-state index in [0.717, 1.165) is 6.07 Å². The summed E-state index contributed by atoms with van der Waals surface area (Å²) in [6.45, 7) is 1.53. The summed E-state index contributed by atoms with van der Waals surface area (Å²) in [5.41, 5.74) is 5.55. The molecule has 1 aromatic carbocycles. The number of nitrogens with zero attached hydrogens (tertiary/aromatic N) is 1. The first-order valence-corrected chi connectivity index (χ1v) is 5.97. The lowest BCUT2D eigenvalue weighted by atomic mass is 10.1. The fraction of sp³-hybridized carbons (Fsp3) is 0.250. The van der Waals surface area contributed by atoms with Gasteiger partial charge in [0, 0.05) is 11.6 Å². The predicted octanol–water partition coefficient (Wildman–Crippen LogP) is 1.04. The van der Waals surface area contributed by atoms with Crippen molar-refractivity contribution in [3.63, 3.8) is 0 Å². The van der Waals surface area contributed by atoms with Gasteiger partial charge in [-0.2, -0.15) is 0 Å². The fourth-order valence-corrected chi connectivity index (χ4v) is 1.75. The Morgan fingerprint density at radius 2 is 2.06 bits per heavy atom. The molecule has 0 aliphatic heterocycles. The first-order valence-electron chi connectivity index (χ1n) is 4.29. The number of benzene rings is 1. The summed E-state index contributed by atoms with van der Waals surface area (Å²) in [6.07, 6.45) is 0. The second kappa shape index (κ2) is 4.31. The molecule has 0 amide bonds. The largest absolute Gasteiger partial charge is 0.346 e. The summed E-state index contributed by atoms with van der Waals surface area (Å²) in [6, 6.07) is 3.86. The molecule has 0 spiro atoms. The van der Waals surface area contributed by atoms with Gasteiger partial charge in [-0.1, -0.05) is 12.1 Å². The second-order valence-electron chi connectivity index (χ2n) is 3.34. The third-order valence-electron chi connectivity index (χ3n) is 2.13. The van der Waals surface area contributed by atoms with Crippen LogP contribution in [0.3, 0.4) is 0 Å². The zero-order valence-corrected chi connectivity index (χ0v) is 9.29. The lowest BCUT2D eigenvalue weighted by molar-refractivity contribution is -0.385. The maximum Gasteiger partial charge on any atom is 0.346 e. The Hall–Kier alpha value is -1.27. The van der Waals surface area contributed by atoms with E-state index in [1.54, 1.807) is 0 Å². The summed E-state index contributed by atoms with van der Waals surface area (Å²) >= 11 is 0. The van der Waals surface area contributed by atoms with Crippen LogP contribution in [0.5, 0.6) is 0 Å². The Balaban J connectivity index is 3.23. The molecule has 7 nitrogen and oxygen atoms in total. The molecule has 0 fully saturated rings. The van der Waals surface area contributed by atoms with E-state index in [2.05, 4.69) is 0 Å². The Morgan fingerprint density at radius 1 is 1.50 bits per heavy atom. The molecule has 1 aromatic rings. The van der Waals surface area contributed by atoms with Crippen molar-refractivity contribution < 1.29 is 19.3 Å². The van der Waals surface area contributed by atoms with Gasteiger partial charge < -0.3 is 15.5 Å². The van der Waals surface area contributed by atoms with Crippen molar-refractivity contribution in [2.45, 2.75) is 12.7 Å². The molecule has 0 aromatic heterocycles. The summed E-state index contributed by atoms with van der Waals surface area (Å²) in [7, 11) is -4.49. The Morgan fingerprint density at radius 3 is 2.50 bits per heavy atom. The number of nitro benzene ring substituents is 1. The van der Waals surface area contributed by atoms with E-state index in [4.69, 9.17) is 15.5 Å². The van der Waals surface area contributed by atoms with Crippen LogP contribution >= 0.6 is 7.60 Å². The van der Waals surface area contributed by atoms with Crippen LogP contribution in [0.15, 0.2) is 18.2 Å². The minimum Gasteiger partial charge on any atom is -0.323 e. The number of nitro groups is 1. The van der Waals surface area contributed by atoms with Gasteiger partial charge in [0.1, 0.15) is 5.78 Å². The topological polar surface area (TPSA) is 127 Å². The van der Waals surface area contributed by atoms with Crippen molar-refractivity contribution in [2.24, 2.45) is 5.73 Å². The van der Waals surface area contributed by atoms with Gasteiger partial charge in [-0.15, -0.1) is 0 Å². The van der Waals surface area contributed by atoms with Crippen molar-refractivity contribution >= 4 is 13.3 Å². The summed E-state index contributed by atoms with van der Waals surface area (Å²) in [5.74, 6) is -1.54. The van der Waals surface area contributed by atoms with Crippen molar-refractivity contribution in [3.05, 3.63) is 39.4 Å². The highest BCUT2D eigenvalue weighted by atomic mass is 31.2. The molecule has 0 radical (unpaired) electrons. The molecule has 1 atom stereocenters. The smallest absolute Gasteiger partial charge is 0.323 e. The molecule has 1 unspecified atom stereocenters. The summed E-state index contributed by atoms with van der Waals surface area (Å²) in [5, 5.41) is 10.6. The van der Waals surface area contributed by atoms with Crippen LogP contribution in [-0.4, -0.2) is 14.7 Å². The first-order chi connectivity index (χ1) is 7.23. The lowest BCUT2D eigenvalue weighted by Gasteiger charge is -2.13. The lowest BCUT2D eigenvalue weighted by Crippen LogP contribution is -2.11. The number of nitrogens with two attached hydrogens (primary N) is 1. The molecule has 0 aliphatic carbocycles. The summed E-state index contributed by atoms with van der Waals surface area (Å²) in [4.78, 5) is 27.7. The van der Waals surface area contributed by atoms with Crippen molar-refractivity contribution in [1.82, 2.24) is 0 Å². The Labute approximate surface area is 91.2 Å². The summed E-state index contributed by atoms with van der Waals surface area (Å²) < 4.78 is 10.9. The molecule has 88 valence electrons. The molecule has 1 rings (SSSR count). The van der Waals surface area contributed by atoms with E-state index >= 15 is 0 Å². The number of rotatable bonds is 3. The van der Waals surface area contributed by atoms with E-state index in [9.17, 15) is 14.7 Å². The SMILES string of the molecule is Cc1ccc(C(N)P(=O)(O)O)cc1[N+](=O)[O-]. The van der Waals surface area contributed by atoms with E-state index in [1.165, 1.54) is 19.1 Å². The van der Waals surface area contributed by atoms with Gasteiger partial charge in [-0.05, 0) is 12.5 Å². The standard InChI is InChI=1S/C8H11N2O5P/c1-5-2-3-6(4-7(5)10(11)12)8(9)16(13,14)15/h2-4,8H,9H2,1H3,(H2,13,14,15). The monoisotopic (exact) mass is 246 g/mol. The molecule has 4 N–H and O–H groups in total. The van der Waals surface area contributed by atoms with E-state index in [0.29, 0.717) is 5.56 Å². The Kier molecular flexibility index (Phi) is 3.44. The van der Waals surface area contributed by atoms with E-state index < -0.39 is 18.3 Å². The molecule has 0 saturated heterocycles. The first kappa shape index (κ1) is 12.8. The maximum absolute atomic E-state index is 10.9. The van der Waals surface area contributed by atoms with Crippen LogP contribution in [0, 0.1) is 17.0 Å². The van der Waals surface area contributed by atoms with Crippen LogP contribution in [-0.2, 0) is 4.57 Å². The van der Waals surface area contributed by atoms with Crippen molar-refractivity contribution in [3.8, 4) is 0 Å². The van der Waals surface area contributed by atoms with Gasteiger partial charge in [-0.25, -0.2) is 0 Å². The third-order valence-corrected chi connectivity index (χ3v) is 3.16. The zero-order chi connectivity index (χ0) is 12.5. The highest BCUT2D eigenvalue weighted by Crippen LogP contribution is 2.48. The molecule has 0 bridgehead atoms. The molecular weight excluding hydrogens is 235 g/mol. The average molecular weight is 246 g/mol. The highest BCUT2D eigenvalue weighted by Gasteiger charge is 2.27. The normalized spacial score (nSPS) is 13.5. The van der Waals surface area contributed by atoms with Crippen LogP contribution in [0.25, 0.3) is 0 Å². The van der Waals surface area contributed by atoms with Gasteiger partial charge in [0.15, 0.2) is 0 Å². The molecule has 0 heterocycles. The van der Waals surface area contributed by atoms with Crippen LogP contribution in [0.2, 0.25) is 0 Å². The van der Waals surface area contributed by atoms with Crippen LogP contribution < -0.4 is 5.73 Å². The van der Waals surface area contributed by atoms with Crippen LogP contribution in [0.1, 0.15) is 16.9 Å². The second-order valence-corrected chi connectivity index (χ2v) is 5.07. The Bertz CT molecular complexity index is 469. The molecular formula is C8H11N2O5P. The van der Waals surface area contributed by atoms with Crippen LogP contribution in [0.4, 0.5) is 5.69 Å². The van der Waals surface area contributed by atoms with Gasteiger partial charge in [0.05, 0.1) is 4.92 Å². The third kappa shape index (κ3) is 2.65. The van der Waals surface area contributed by atoms with E-state index in [-0.39, 0.29) is 11.3 Å². The average Bonchev–Trinajstić information content (AvgIpc) is 2.15. The van der Waals surface area contributed by atoms with Gasteiger partial charge >= 0.3 is 7.60 Å². The minimum atomic E-state index is -4.49. The number of hydrogen-bond acceptors (Lipinski definition) is 4. The number of hydrogen-bond donors (Lipinski definition) is 3. The molecule has 0 saturated carbocycles.